The molecule has 0 N–H and O–H groups in total. The summed E-state index contributed by atoms with van der Waals surface area (Å²) in [6.45, 7) is 4.33. The van der Waals surface area contributed by atoms with Crippen LogP contribution < -0.4 is 4.90 Å². The number of ether oxygens (including phenoxy) is 2. The van der Waals surface area contributed by atoms with Crippen molar-refractivity contribution in [1.82, 2.24) is 0 Å². The van der Waals surface area contributed by atoms with Crippen molar-refractivity contribution in [3.05, 3.63) is 65.7 Å². The number of carbonyl (C=O) groups excluding carboxylic acids is 4. The number of hydrogen-bond acceptors (Lipinski definition) is 6. The molecule has 0 spiro atoms. The molecule has 1 heterocycles. The van der Waals surface area contributed by atoms with Gasteiger partial charge >= 0.3 is 11.9 Å². The van der Waals surface area contributed by atoms with Gasteiger partial charge in [-0.2, -0.15) is 0 Å². The molecule has 2 aromatic rings. The lowest BCUT2D eigenvalue weighted by Crippen LogP contribution is -2.31. The molecule has 3 rings (SSSR count). The standard InChI is InChI=1S/C26H29NO6/c1-3-5-15-32-25(30)19-11-13-21(14-12-19)27-17-20(16-23(27)28)26(31)33-22(4-2)24(29)18-9-7-6-8-10-18/h6-14,20,22H,3-5,15-17H2,1-2H3/t20-,22+/m0/s1. The Kier molecular flexibility index (Phi) is 8.35. The summed E-state index contributed by atoms with van der Waals surface area (Å²) in [4.78, 5) is 51.5. The van der Waals surface area contributed by atoms with Crippen molar-refractivity contribution in [1.29, 1.82) is 0 Å². The minimum absolute atomic E-state index is 0.00953. The highest BCUT2D eigenvalue weighted by Gasteiger charge is 2.37. The van der Waals surface area contributed by atoms with Crippen LogP contribution in [0.5, 0.6) is 0 Å². The van der Waals surface area contributed by atoms with Crippen molar-refractivity contribution in [2.45, 2.75) is 45.6 Å². The minimum Gasteiger partial charge on any atom is -0.462 e. The van der Waals surface area contributed by atoms with Crippen LogP contribution in [0.2, 0.25) is 0 Å². The van der Waals surface area contributed by atoms with Crippen LogP contribution in [-0.2, 0) is 19.1 Å². The molecule has 33 heavy (non-hydrogen) atoms. The monoisotopic (exact) mass is 451 g/mol. The number of unbranched alkanes of at least 4 members (excludes halogenated alkanes) is 1. The van der Waals surface area contributed by atoms with E-state index in [2.05, 4.69) is 0 Å². The molecule has 1 fully saturated rings. The number of anilines is 1. The smallest absolute Gasteiger partial charge is 0.338 e. The number of esters is 2. The summed E-state index contributed by atoms with van der Waals surface area (Å²) in [5.74, 6) is -2.09. The summed E-state index contributed by atoms with van der Waals surface area (Å²) in [7, 11) is 0. The molecule has 1 amide bonds. The first kappa shape index (κ1) is 24.2. The quantitative estimate of drug-likeness (QED) is 0.306. The molecule has 0 bridgehead atoms. The van der Waals surface area contributed by atoms with Gasteiger partial charge in [0.1, 0.15) is 0 Å². The zero-order chi connectivity index (χ0) is 23.8. The highest BCUT2D eigenvalue weighted by Crippen LogP contribution is 2.27. The zero-order valence-electron chi connectivity index (χ0n) is 19.0. The summed E-state index contributed by atoms with van der Waals surface area (Å²) >= 11 is 0. The van der Waals surface area contributed by atoms with E-state index in [1.807, 2.05) is 13.0 Å². The molecule has 0 radical (unpaired) electrons. The molecule has 1 aliphatic heterocycles. The maximum atomic E-state index is 12.7. The first-order valence-corrected chi connectivity index (χ1v) is 11.3. The van der Waals surface area contributed by atoms with Crippen LogP contribution in [0.1, 0.15) is 60.2 Å². The number of amides is 1. The van der Waals surface area contributed by atoms with Crippen molar-refractivity contribution in [2.75, 3.05) is 18.1 Å². The zero-order valence-corrected chi connectivity index (χ0v) is 19.0. The lowest BCUT2D eigenvalue weighted by Gasteiger charge is -2.19. The molecule has 0 aromatic heterocycles. The number of Topliss-reactive ketones (excluding diaryl/α,β-unsaturated/α-hetero) is 1. The van der Waals surface area contributed by atoms with Crippen molar-refractivity contribution in [2.24, 2.45) is 5.92 Å². The SMILES string of the molecule is CCCCOC(=O)c1ccc(N2C[C@@H](C(=O)O[C@H](CC)C(=O)c3ccccc3)CC2=O)cc1. The van der Waals surface area contributed by atoms with Gasteiger partial charge in [0.15, 0.2) is 6.10 Å². The largest absolute Gasteiger partial charge is 0.462 e. The highest BCUT2D eigenvalue weighted by atomic mass is 16.5. The van der Waals surface area contributed by atoms with Gasteiger partial charge in [0.05, 0.1) is 18.1 Å². The third-order valence-electron chi connectivity index (χ3n) is 5.58. The van der Waals surface area contributed by atoms with E-state index in [9.17, 15) is 19.2 Å². The number of ketones is 1. The molecule has 174 valence electrons. The summed E-state index contributed by atoms with van der Waals surface area (Å²) in [6, 6.07) is 15.2. The summed E-state index contributed by atoms with van der Waals surface area (Å²) in [5.41, 5.74) is 1.48. The van der Waals surface area contributed by atoms with Crippen molar-refractivity contribution in [3.63, 3.8) is 0 Å². The van der Waals surface area contributed by atoms with Crippen LogP contribution in [0.25, 0.3) is 0 Å². The summed E-state index contributed by atoms with van der Waals surface area (Å²) in [6.07, 6.45) is 1.21. The second-order valence-corrected chi connectivity index (χ2v) is 8.01. The fourth-order valence-corrected chi connectivity index (χ4v) is 3.63. The molecular formula is C26H29NO6. The number of hydrogen-bond donors (Lipinski definition) is 0. The molecular weight excluding hydrogens is 422 g/mol. The van der Waals surface area contributed by atoms with Gasteiger partial charge in [-0.1, -0.05) is 50.6 Å². The lowest BCUT2D eigenvalue weighted by atomic mass is 10.0. The maximum absolute atomic E-state index is 12.7. The van der Waals surface area contributed by atoms with Gasteiger partial charge in [0, 0.05) is 24.2 Å². The molecule has 1 aliphatic rings. The van der Waals surface area contributed by atoms with Crippen molar-refractivity contribution < 1.29 is 28.7 Å². The van der Waals surface area contributed by atoms with E-state index in [4.69, 9.17) is 9.47 Å². The number of carbonyl (C=O) groups is 4. The van der Waals surface area contributed by atoms with Gasteiger partial charge < -0.3 is 14.4 Å². The first-order chi connectivity index (χ1) is 15.9. The van der Waals surface area contributed by atoms with Crippen LogP contribution in [-0.4, -0.2) is 42.9 Å². The number of benzene rings is 2. The molecule has 2 aromatic carbocycles. The van der Waals surface area contributed by atoms with E-state index in [1.54, 1.807) is 55.5 Å². The Labute approximate surface area is 193 Å². The molecule has 0 aliphatic carbocycles. The average Bonchev–Trinajstić information content (AvgIpc) is 3.24. The van der Waals surface area contributed by atoms with Crippen LogP contribution >= 0.6 is 0 Å². The van der Waals surface area contributed by atoms with E-state index in [-0.39, 0.29) is 24.7 Å². The van der Waals surface area contributed by atoms with Gasteiger partial charge in [-0.15, -0.1) is 0 Å². The summed E-state index contributed by atoms with van der Waals surface area (Å²) < 4.78 is 10.7. The van der Waals surface area contributed by atoms with E-state index in [1.165, 1.54) is 4.90 Å². The lowest BCUT2D eigenvalue weighted by molar-refractivity contribution is -0.151. The molecule has 7 heteroatoms. The fourth-order valence-electron chi connectivity index (χ4n) is 3.63. The van der Waals surface area contributed by atoms with Crippen LogP contribution in [0.15, 0.2) is 54.6 Å². The predicted molar refractivity (Wildman–Crippen MR) is 123 cm³/mol. The average molecular weight is 452 g/mol. The Hall–Kier alpha value is -3.48. The number of rotatable bonds is 10. The highest BCUT2D eigenvalue weighted by molar-refractivity contribution is 6.02. The minimum atomic E-state index is -0.887. The predicted octanol–water partition coefficient (Wildman–Crippen LogP) is 4.20. The molecule has 0 saturated carbocycles. The van der Waals surface area contributed by atoms with Gasteiger partial charge in [-0.05, 0) is 37.1 Å². The Balaban J connectivity index is 1.60. The second-order valence-electron chi connectivity index (χ2n) is 8.01. The van der Waals surface area contributed by atoms with Crippen molar-refractivity contribution >= 4 is 29.3 Å². The van der Waals surface area contributed by atoms with Gasteiger partial charge in [-0.25, -0.2) is 4.79 Å². The van der Waals surface area contributed by atoms with Gasteiger partial charge in [-0.3, -0.25) is 14.4 Å². The molecule has 1 saturated heterocycles. The second kappa shape index (κ2) is 11.4. The normalized spacial score (nSPS) is 16.4. The summed E-state index contributed by atoms with van der Waals surface area (Å²) in [5, 5.41) is 0. The van der Waals surface area contributed by atoms with Crippen LogP contribution in [0, 0.1) is 5.92 Å². The van der Waals surface area contributed by atoms with E-state index >= 15 is 0 Å². The molecule has 7 nitrogen and oxygen atoms in total. The van der Waals surface area contributed by atoms with Gasteiger partial charge in [0.25, 0.3) is 0 Å². The van der Waals surface area contributed by atoms with E-state index < -0.39 is 24.0 Å². The Bertz CT molecular complexity index is 986. The molecule has 0 unspecified atom stereocenters. The van der Waals surface area contributed by atoms with Crippen LogP contribution in [0.4, 0.5) is 5.69 Å². The fraction of sp³-hybridized carbons (Fsp3) is 0.385. The van der Waals surface area contributed by atoms with Crippen LogP contribution in [0.3, 0.4) is 0 Å². The molecule has 2 atom stereocenters. The Morgan fingerprint density at radius 3 is 2.33 bits per heavy atom. The van der Waals surface area contributed by atoms with E-state index in [0.29, 0.717) is 29.8 Å². The van der Waals surface area contributed by atoms with E-state index in [0.717, 1.165) is 12.8 Å². The van der Waals surface area contributed by atoms with Crippen molar-refractivity contribution in [3.8, 4) is 0 Å². The van der Waals surface area contributed by atoms with Gasteiger partial charge in [0.2, 0.25) is 11.7 Å². The third kappa shape index (κ3) is 6.06. The topological polar surface area (TPSA) is 90.0 Å². The Morgan fingerprint density at radius 2 is 1.70 bits per heavy atom. The third-order valence-corrected chi connectivity index (χ3v) is 5.58. The Morgan fingerprint density at radius 1 is 1.00 bits per heavy atom. The number of nitrogens with zero attached hydrogens (tertiary/aromatic N) is 1. The first-order valence-electron chi connectivity index (χ1n) is 11.3. The maximum Gasteiger partial charge on any atom is 0.338 e.